The summed E-state index contributed by atoms with van der Waals surface area (Å²) < 4.78 is 17.1. The Morgan fingerprint density at radius 2 is 1.87 bits per heavy atom. The number of tetrazole rings is 1. The largest absolute Gasteiger partial charge is 0.434 e. The first-order chi connectivity index (χ1) is 18.9. The number of H-pyrrole nitrogens is 1. The van der Waals surface area contributed by atoms with E-state index in [1.54, 1.807) is 18.4 Å². The summed E-state index contributed by atoms with van der Waals surface area (Å²) in [6.45, 7) is 3.91. The quantitative estimate of drug-likeness (QED) is 0.179. The summed E-state index contributed by atoms with van der Waals surface area (Å²) in [6, 6.07) is 15.8. The lowest BCUT2D eigenvalue weighted by atomic mass is 9.98. The number of nitrogens with one attached hydrogen (secondary N) is 1. The SMILES string of the molecule is CCCCc1nc(Cl)c(C(=O)OCOC(O)OC(C)C)n1Cc1ccc(-c2ccccc2-c2nn[nH]n2)cc1. The molecular weight excluding hydrogens is 524 g/mol. The van der Waals surface area contributed by atoms with Crippen molar-refractivity contribution in [3.05, 3.63) is 70.8 Å². The first kappa shape index (κ1) is 28.4. The van der Waals surface area contributed by atoms with Crippen LogP contribution in [0.1, 0.15) is 55.5 Å². The van der Waals surface area contributed by atoms with E-state index in [1.165, 1.54) is 0 Å². The maximum atomic E-state index is 13.0. The molecule has 0 saturated heterocycles. The molecule has 12 heteroatoms. The molecule has 0 fully saturated rings. The zero-order valence-electron chi connectivity index (χ0n) is 22.0. The number of aliphatic hydroxyl groups is 1. The molecule has 2 N–H and O–H groups in total. The van der Waals surface area contributed by atoms with Gasteiger partial charge < -0.3 is 19.1 Å². The lowest BCUT2D eigenvalue weighted by Gasteiger charge is -2.16. The summed E-state index contributed by atoms with van der Waals surface area (Å²) in [7, 11) is 0. The van der Waals surface area contributed by atoms with Crippen LogP contribution in [0.2, 0.25) is 5.15 Å². The normalized spacial score (nSPS) is 12.2. The Kier molecular flexibility index (Phi) is 9.77. The van der Waals surface area contributed by atoms with Crippen molar-refractivity contribution in [2.45, 2.75) is 59.2 Å². The van der Waals surface area contributed by atoms with Gasteiger partial charge in [-0.15, -0.1) is 10.2 Å². The third-order valence-corrected chi connectivity index (χ3v) is 6.12. The molecule has 1 atom stereocenters. The first-order valence-electron chi connectivity index (χ1n) is 12.7. The molecule has 39 heavy (non-hydrogen) atoms. The minimum atomic E-state index is -1.51. The van der Waals surface area contributed by atoms with E-state index in [2.05, 4.69) is 32.5 Å². The summed E-state index contributed by atoms with van der Waals surface area (Å²) in [6.07, 6.45) is 2.24. The van der Waals surface area contributed by atoms with Crippen LogP contribution < -0.4 is 0 Å². The standard InChI is InChI=1S/C27H31ClN6O5/c1-4-5-10-22-29-24(28)23(26(35)37-16-38-27(36)39-17(2)3)34(22)15-18-11-13-19(14-12-18)20-8-6-7-9-21(20)25-30-32-33-31-25/h6-9,11-14,17,27,36H,4-5,10,15-16H2,1-3H3,(H,30,31,32,33). The van der Waals surface area contributed by atoms with Gasteiger partial charge in [0.1, 0.15) is 5.82 Å². The van der Waals surface area contributed by atoms with E-state index in [4.69, 9.17) is 25.8 Å². The van der Waals surface area contributed by atoms with Gasteiger partial charge >= 0.3 is 5.97 Å². The third-order valence-electron chi connectivity index (χ3n) is 5.86. The van der Waals surface area contributed by atoms with Crippen LogP contribution in [0.25, 0.3) is 22.5 Å². The van der Waals surface area contributed by atoms with Gasteiger partial charge in [-0.05, 0) is 42.2 Å². The zero-order chi connectivity index (χ0) is 27.8. The molecule has 2 aromatic heterocycles. The Bertz CT molecular complexity index is 1360. The Balaban J connectivity index is 1.55. The van der Waals surface area contributed by atoms with Crippen molar-refractivity contribution in [3.8, 4) is 22.5 Å². The zero-order valence-corrected chi connectivity index (χ0v) is 22.8. The molecular formula is C27H31ClN6O5. The maximum Gasteiger partial charge on any atom is 0.360 e. The number of benzene rings is 2. The number of nitrogens with zero attached hydrogens (tertiary/aromatic N) is 5. The topological polar surface area (TPSA) is 137 Å². The Labute approximate surface area is 231 Å². The van der Waals surface area contributed by atoms with Crippen molar-refractivity contribution in [3.63, 3.8) is 0 Å². The number of aromatic amines is 1. The number of hydrogen-bond acceptors (Lipinski definition) is 9. The lowest BCUT2D eigenvalue weighted by Crippen LogP contribution is -2.23. The number of esters is 1. The van der Waals surface area contributed by atoms with Gasteiger partial charge in [0.05, 0.1) is 6.10 Å². The smallest absolute Gasteiger partial charge is 0.360 e. The van der Waals surface area contributed by atoms with E-state index in [0.717, 1.165) is 35.1 Å². The molecule has 0 bridgehead atoms. The van der Waals surface area contributed by atoms with Crippen LogP contribution in [-0.2, 0) is 27.2 Å². The number of ether oxygens (including phenoxy) is 3. The van der Waals surface area contributed by atoms with E-state index in [-0.39, 0.29) is 17.0 Å². The van der Waals surface area contributed by atoms with Crippen molar-refractivity contribution in [2.24, 2.45) is 0 Å². The number of unbranched alkanes of at least 4 members (excludes halogenated alkanes) is 1. The molecule has 2 aromatic carbocycles. The van der Waals surface area contributed by atoms with E-state index in [9.17, 15) is 9.90 Å². The highest BCUT2D eigenvalue weighted by Crippen LogP contribution is 2.30. The van der Waals surface area contributed by atoms with E-state index in [1.807, 2.05) is 48.5 Å². The molecule has 4 rings (SSSR count). The van der Waals surface area contributed by atoms with Gasteiger partial charge in [0.15, 0.2) is 17.6 Å². The average molecular weight is 555 g/mol. The monoisotopic (exact) mass is 554 g/mol. The van der Waals surface area contributed by atoms with Gasteiger partial charge in [-0.2, -0.15) is 5.21 Å². The third kappa shape index (κ3) is 7.27. The summed E-state index contributed by atoms with van der Waals surface area (Å²) in [5.41, 5.74) is 3.87. The number of carbonyl (C=O) groups is 1. The van der Waals surface area contributed by atoms with E-state index < -0.39 is 19.2 Å². The minimum Gasteiger partial charge on any atom is -0.434 e. The van der Waals surface area contributed by atoms with Crippen molar-refractivity contribution in [1.29, 1.82) is 0 Å². The van der Waals surface area contributed by atoms with E-state index in [0.29, 0.717) is 24.6 Å². The molecule has 0 aliphatic heterocycles. The summed E-state index contributed by atoms with van der Waals surface area (Å²) >= 11 is 6.40. The second-order valence-corrected chi connectivity index (χ2v) is 9.40. The molecule has 0 spiro atoms. The number of hydrogen-bond donors (Lipinski definition) is 2. The fourth-order valence-electron chi connectivity index (χ4n) is 4.02. The van der Waals surface area contributed by atoms with Crippen molar-refractivity contribution < 1.29 is 24.1 Å². The van der Waals surface area contributed by atoms with Gasteiger partial charge in [0.25, 0.3) is 6.48 Å². The molecule has 11 nitrogen and oxygen atoms in total. The Hall–Kier alpha value is -3.64. The van der Waals surface area contributed by atoms with Crippen LogP contribution in [0.5, 0.6) is 0 Å². The highest BCUT2D eigenvalue weighted by molar-refractivity contribution is 6.32. The number of rotatable bonds is 13. The first-order valence-corrected chi connectivity index (χ1v) is 13.0. The van der Waals surface area contributed by atoms with Gasteiger partial charge in [0, 0.05) is 18.5 Å². The second-order valence-electron chi connectivity index (χ2n) is 9.04. The molecule has 0 aliphatic rings. The lowest BCUT2D eigenvalue weighted by molar-refractivity contribution is -0.296. The van der Waals surface area contributed by atoms with Gasteiger partial charge in [-0.1, -0.05) is 73.5 Å². The second kappa shape index (κ2) is 13.4. The summed E-state index contributed by atoms with van der Waals surface area (Å²) in [5, 5.41) is 24.1. The van der Waals surface area contributed by atoms with Crippen molar-refractivity contribution >= 4 is 17.6 Å². The fraction of sp³-hybridized carbons (Fsp3) is 0.370. The number of halogens is 1. The highest BCUT2D eigenvalue weighted by atomic mass is 35.5. The van der Waals surface area contributed by atoms with Crippen LogP contribution in [-0.4, -0.2) is 60.6 Å². The van der Waals surface area contributed by atoms with Gasteiger partial charge in [0.2, 0.25) is 5.82 Å². The number of aliphatic hydroxyl groups excluding tert-OH is 1. The molecule has 1 unspecified atom stereocenters. The van der Waals surface area contributed by atoms with Crippen molar-refractivity contribution in [1.82, 2.24) is 30.2 Å². The number of aryl methyl sites for hydroxylation is 1. The van der Waals surface area contributed by atoms with Crippen LogP contribution in [0.3, 0.4) is 0 Å². The number of aromatic nitrogens is 6. The number of imidazole rings is 1. The molecule has 206 valence electrons. The van der Waals surface area contributed by atoms with Crippen LogP contribution in [0.4, 0.5) is 0 Å². The minimum absolute atomic E-state index is 0.0516. The molecule has 0 aliphatic carbocycles. The predicted octanol–water partition coefficient (Wildman–Crippen LogP) is 4.61. The van der Waals surface area contributed by atoms with Crippen LogP contribution in [0, 0.1) is 0 Å². The van der Waals surface area contributed by atoms with Crippen LogP contribution >= 0.6 is 11.6 Å². The Morgan fingerprint density at radius 3 is 2.54 bits per heavy atom. The van der Waals surface area contributed by atoms with Gasteiger partial charge in [-0.25, -0.2) is 9.78 Å². The fourth-order valence-corrected chi connectivity index (χ4v) is 4.30. The van der Waals surface area contributed by atoms with Crippen LogP contribution in [0.15, 0.2) is 48.5 Å². The predicted molar refractivity (Wildman–Crippen MR) is 144 cm³/mol. The molecule has 2 heterocycles. The summed E-state index contributed by atoms with van der Waals surface area (Å²) in [4.78, 5) is 17.4. The average Bonchev–Trinajstić information content (AvgIpc) is 3.55. The maximum absolute atomic E-state index is 13.0. The van der Waals surface area contributed by atoms with E-state index >= 15 is 0 Å². The highest BCUT2D eigenvalue weighted by Gasteiger charge is 2.24. The molecule has 0 saturated carbocycles. The van der Waals surface area contributed by atoms with Gasteiger partial charge in [-0.3, -0.25) is 4.74 Å². The summed E-state index contributed by atoms with van der Waals surface area (Å²) in [5.74, 6) is 0.487. The number of carbonyl (C=O) groups excluding carboxylic acids is 1. The molecule has 0 radical (unpaired) electrons. The molecule has 0 amide bonds. The Morgan fingerprint density at radius 1 is 1.13 bits per heavy atom. The van der Waals surface area contributed by atoms with Crippen molar-refractivity contribution in [2.75, 3.05) is 6.79 Å². The molecule has 4 aromatic rings.